The maximum Gasteiger partial charge on any atom is 0.128 e. The van der Waals surface area contributed by atoms with E-state index in [0.29, 0.717) is 11.7 Å². The fourth-order valence-electron chi connectivity index (χ4n) is 1.66. The van der Waals surface area contributed by atoms with E-state index in [0.717, 1.165) is 17.2 Å². The SMILES string of the molecule is CN(C)c1cccc(NCc2ncc(Cl)n2C)c1. The van der Waals surface area contributed by atoms with E-state index in [2.05, 4.69) is 27.3 Å². The van der Waals surface area contributed by atoms with Crippen LogP contribution in [0.25, 0.3) is 0 Å². The Morgan fingerprint density at radius 2 is 2.17 bits per heavy atom. The van der Waals surface area contributed by atoms with Crippen molar-refractivity contribution in [2.45, 2.75) is 6.54 Å². The van der Waals surface area contributed by atoms with Gasteiger partial charge >= 0.3 is 0 Å². The molecule has 1 aromatic heterocycles. The molecule has 4 nitrogen and oxygen atoms in total. The average Bonchev–Trinajstić information content (AvgIpc) is 2.68. The second kappa shape index (κ2) is 5.31. The summed E-state index contributed by atoms with van der Waals surface area (Å²) >= 11 is 5.94. The molecule has 0 atom stereocenters. The molecule has 2 aromatic rings. The highest BCUT2D eigenvalue weighted by molar-refractivity contribution is 6.29. The molecular formula is C13H17ClN4. The second-order valence-corrected chi connectivity index (χ2v) is 4.74. The van der Waals surface area contributed by atoms with Crippen LogP contribution in [0.4, 0.5) is 11.4 Å². The Morgan fingerprint density at radius 3 is 2.78 bits per heavy atom. The molecule has 0 radical (unpaired) electrons. The lowest BCUT2D eigenvalue weighted by molar-refractivity contribution is 0.813. The molecule has 96 valence electrons. The molecule has 0 fully saturated rings. The lowest BCUT2D eigenvalue weighted by atomic mass is 10.2. The highest BCUT2D eigenvalue weighted by atomic mass is 35.5. The first-order chi connectivity index (χ1) is 8.58. The van der Waals surface area contributed by atoms with E-state index in [1.807, 2.05) is 37.8 Å². The van der Waals surface area contributed by atoms with Crippen LogP contribution in [-0.4, -0.2) is 23.6 Å². The Balaban J connectivity index is 2.06. The molecule has 18 heavy (non-hydrogen) atoms. The predicted octanol–water partition coefficient (Wildman–Crippen LogP) is 2.75. The summed E-state index contributed by atoms with van der Waals surface area (Å²) in [5, 5.41) is 3.99. The smallest absolute Gasteiger partial charge is 0.128 e. The average molecular weight is 265 g/mol. The predicted molar refractivity (Wildman–Crippen MR) is 76.3 cm³/mol. The van der Waals surface area contributed by atoms with E-state index < -0.39 is 0 Å². The fraction of sp³-hybridized carbons (Fsp3) is 0.308. The Hall–Kier alpha value is -1.68. The molecule has 1 heterocycles. The molecule has 0 spiro atoms. The number of nitrogens with one attached hydrogen (secondary N) is 1. The summed E-state index contributed by atoms with van der Waals surface area (Å²) in [6.45, 7) is 0.653. The number of halogens is 1. The van der Waals surface area contributed by atoms with Gasteiger partial charge in [0.15, 0.2) is 0 Å². The molecule has 0 saturated carbocycles. The molecule has 0 aliphatic heterocycles. The number of benzene rings is 1. The Labute approximate surface area is 112 Å². The number of hydrogen-bond donors (Lipinski definition) is 1. The Morgan fingerprint density at radius 1 is 1.39 bits per heavy atom. The summed E-state index contributed by atoms with van der Waals surface area (Å²) in [5.74, 6) is 0.912. The van der Waals surface area contributed by atoms with E-state index in [1.165, 1.54) is 0 Å². The molecule has 0 aliphatic carbocycles. The third kappa shape index (κ3) is 2.76. The third-order valence-electron chi connectivity index (χ3n) is 2.84. The van der Waals surface area contributed by atoms with Crippen LogP contribution in [0.3, 0.4) is 0 Å². The number of nitrogens with zero attached hydrogens (tertiary/aromatic N) is 3. The normalized spacial score (nSPS) is 10.4. The number of aromatic nitrogens is 2. The van der Waals surface area contributed by atoms with Crippen molar-refractivity contribution < 1.29 is 0 Å². The largest absolute Gasteiger partial charge is 0.378 e. The summed E-state index contributed by atoms with van der Waals surface area (Å²) in [4.78, 5) is 6.32. The number of rotatable bonds is 4. The first-order valence-electron chi connectivity index (χ1n) is 5.75. The fourth-order valence-corrected chi connectivity index (χ4v) is 1.81. The summed E-state index contributed by atoms with van der Waals surface area (Å²) < 4.78 is 1.87. The minimum Gasteiger partial charge on any atom is -0.378 e. The molecule has 0 unspecified atom stereocenters. The van der Waals surface area contributed by atoms with Crippen LogP contribution in [0, 0.1) is 0 Å². The van der Waals surface area contributed by atoms with Crippen molar-refractivity contribution in [1.82, 2.24) is 9.55 Å². The van der Waals surface area contributed by atoms with Crippen LogP contribution in [0.5, 0.6) is 0 Å². The highest BCUT2D eigenvalue weighted by Gasteiger charge is 2.04. The van der Waals surface area contributed by atoms with Gasteiger partial charge in [-0.3, -0.25) is 0 Å². The summed E-state index contributed by atoms with van der Waals surface area (Å²) in [6.07, 6.45) is 1.66. The quantitative estimate of drug-likeness (QED) is 0.922. The molecule has 5 heteroatoms. The van der Waals surface area contributed by atoms with Gasteiger partial charge in [-0.25, -0.2) is 4.98 Å². The van der Waals surface area contributed by atoms with Crippen molar-refractivity contribution in [3.63, 3.8) is 0 Å². The highest BCUT2D eigenvalue weighted by Crippen LogP contribution is 2.18. The van der Waals surface area contributed by atoms with Crippen LogP contribution in [0.15, 0.2) is 30.5 Å². The summed E-state index contributed by atoms with van der Waals surface area (Å²) in [7, 11) is 5.96. The number of anilines is 2. The molecule has 0 saturated heterocycles. The first kappa shape index (κ1) is 12.8. The molecule has 0 bridgehead atoms. The second-order valence-electron chi connectivity index (χ2n) is 4.35. The van der Waals surface area contributed by atoms with E-state index in [1.54, 1.807) is 6.20 Å². The standard InChI is InChI=1S/C13H17ClN4/c1-17(2)11-6-4-5-10(7-11)15-9-13-16-8-12(14)18(13)3/h4-8,15H,9H2,1-3H3. The maximum absolute atomic E-state index is 5.94. The van der Waals surface area contributed by atoms with Crippen molar-refractivity contribution in [2.24, 2.45) is 7.05 Å². The van der Waals surface area contributed by atoms with Crippen molar-refractivity contribution in [3.05, 3.63) is 41.4 Å². The van der Waals surface area contributed by atoms with Gasteiger partial charge in [-0.05, 0) is 18.2 Å². The lowest BCUT2D eigenvalue weighted by Gasteiger charge is -2.14. The van der Waals surface area contributed by atoms with Gasteiger partial charge in [0.25, 0.3) is 0 Å². The van der Waals surface area contributed by atoms with Gasteiger partial charge in [0.1, 0.15) is 11.0 Å². The minimum atomic E-state index is 0.647. The van der Waals surface area contributed by atoms with E-state index >= 15 is 0 Å². The van der Waals surface area contributed by atoms with Crippen molar-refractivity contribution >= 4 is 23.0 Å². The van der Waals surface area contributed by atoms with Gasteiger partial charge in [-0.2, -0.15) is 0 Å². The first-order valence-corrected chi connectivity index (χ1v) is 6.13. The molecule has 2 rings (SSSR count). The molecule has 0 aliphatic rings. The van der Waals surface area contributed by atoms with Crippen LogP contribution in [-0.2, 0) is 13.6 Å². The molecule has 0 amide bonds. The van der Waals surface area contributed by atoms with E-state index in [9.17, 15) is 0 Å². The van der Waals surface area contributed by atoms with E-state index in [-0.39, 0.29) is 0 Å². The summed E-state index contributed by atoms with van der Waals surface area (Å²) in [6, 6.07) is 8.24. The minimum absolute atomic E-state index is 0.647. The van der Waals surface area contributed by atoms with Crippen molar-refractivity contribution in [2.75, 3.05) is 24.3 Å². The van der Waals surface area contributed by atoms with Crippen LogP contribution in [0.1, 0.15) is 5.82 Å². The summed E-state index contributed by atoms with van der Waals surface area (Å²) in [5.41, 5.74) is 2.23. The topological polar surface area (TPSA) is 33.1 Å². The Bertz CT molecular complexity index is 534. The van der Waals surface area contributed by atoms with Crippen molar-refractivity contribution in [1.29, 1.82) is 0 Å². The van der Waals surface area contributed by atoms with Gasteiger partial charge < -0.3 is 14.8 Å². The van der Waals surface area contributed by atoms with Gasteiger partial charge in [0, 0.05) is 32.5 Å². The maximum atomic E-state index is 5.94. The van der Waals surface area contributed by atoms with Crippen LogP contribution in [0.2, 0.25) is 5.15 Å². The van der Waals surface area contributed by atoms with Crippen LogP contribution < -0.4 is 10.2 Å². The molecule has 1 N–H and O–H groups in total. The molecule has 1 aromatic carbocycles. The lowest BCUT2D eigenvalue weighted by Crippen LogP contribution is -2.10. The third-order valence-corrected chi connectivity index (χ3v) is 3.19. The zero-order valence-electron chi connectivity index (χ0n) is 10.8. The van der Waals surface area contributed by atoms with E-state index in [4.69, 9.17) is 11.6 Å². The molecular weight excluding hydrogens is 248 g/mol. The number of hydrogen-bond acceptors (Lipinski definition) is 3. The van der Waals surface area contributed by atoms with Crippen molar-refractivity contribution in [3.8, 4) is 0 Å². The van der Waals surface area contributed by atoms with Gasteiger partial charge in [0.05, 0.1) is 12.7 Å². The number of imidazole rings is 1. The Kier molecular flexibility index (Phi) is 3.77. The zero-order chi connectivity index (χ0) is 13.1. The van der Waals surface area contributed by atoms with Gasteiger partial charge in [-0.1, -0.05) is 17.7 Å². The zero-order valence-corrected chi connectivity index (χ0v) is 11.6. The van der Waals surface area contributed by atoms with Gasteiger partial charge in [-0.15, -0.1) is 0 Å². The van der Waals surface area contributed by atoms with Gasteiger partial charge in [0.2, 0.25) is 0 Å². The van der Waals surface area contributed by atoms with Crippen LogP contribution >= 0.6 is 11.6 Å². The monoisotopic (exact) mass is 264 g/mol.